The number of aromatic nitrogens is 1. The van der Waals surface area contributed by atoms with Crippen molar-refractivity contribution in [3.05, 3.63) is 64.4 Å². The molecule has 29 heavy (non-hydrogen) atoms. The molecule has 2 heterocycles. The number of thiophene rings is 1. The minimum absolute atomic E-state index is 0.119. The Bertz CT molecular complexity index is 1010. The summed E-state index contributed by atoms with van der Waals surface area (Å²) in [6, 6.07) is 10.5. The second kappa shape index (κ2) is 9.16. The number of aryl methyl sites for hydroxylation is 1. The molecule has 150 valence electrons. The molecule has 0 spiro atoms. The van der Waals surface area contributed by atoms with Crippen molar-refractivity contribution in [1.82, 2.24) is 15.6 Å². The smallest absolute Gasteiger partial charge is 0.251 e. The van der Waals surface area contributed by atoms with Crippen LogP contribution in [0.25, 0.3) is 10.8 Å². The molecule has 0 unspecified atom stereocenters. The number of oxazole rings is 1. The van der Waals surface area contributed by atoms with E-state index in [1.807, 2.05) is 17.5 Å². The molecule has 3 aromatic rings. The normalized spacial score (nSPS) is 10.5. The largest absolute Gasteiger partial charge is 0.440 e. The lowest BCUT2D eigenvalue weighted by Crippen LogP contribution is -2.33. The molecule has 1 aromatic carbocycles. The van der Waals surface area contributed by atoms with E-state index in [1.54, 1.807) is 31.2 Å². The Morgan fingerprint density at radius 2 is 1.90 bits per heavy atom. The van der Waals surface area contributed by atoms with E-state index in [9.17, 15) is 14.4 Å². The fraction of sp³-hybridized carbons (Fsp3) is 0.200. The third kappa shape index (κ3) is 5.52. The van der Waals surface area contributed by atoms with Gasteiger partial charge in [0.25, 0.3) is 5.91 Å². The lowest BCUT2D eigenvalue weighted by molar-refractivity contribution is -0.120. The molecule has 3 amide bonds. The van der Waals surface area contributed by atoms with Crippen LogP contribution in [0.2, 0.25) is 0 Å². The van der Waals surface area contributed by atoms with Gasteiger partial charge in [-0.3, -0.25) is 14.4 Å². The lowest BCUT2D eigenvalue weighted by atomic mass is 10.1. The molecule has 0 aliphatic carbocycles. The minimum atomic E-state index is -0.609. The number of amides is 3. The van der Waals surface area contributed by atoms with Crippen molar-refractivity contribution in [2.45, 2.75) is 19.9 Å². The van der Waals surface area contributed by atoms with Gasteiger partial charge in [-0.05, 0) is 36.1 Å². The van der Waals surface area contributed by atoms with Crippen LogP contribution in [0.5, 0.6) is 0 Å². The molecular formula is C20H20N4O4S. The van der Waals surface area contributed by atoms with Crippen LogP contribution in [0.1, 0.15) is 27.4 Å². The van der Waals surface area contributed by atoms with Crippen molar-refractivity contribution >= 4 is 29.1 Å². The van der Waals surface area contributed by atoms with Crippen LogP contribution < -0.4 is 16.4 Å². The third-order valence-corrected chi connectivity index (χ3v) is 4.94. The van der Waals surface area contributed by atoms with Gasteiger partial charge in [0.05, 0.1) is 23.5 Å². The molecule has 0 aliphatic rings. The minimum Gasteiger partial charge on any atom is -0.440 e. The van der Waals surface area contributed by atoms with Crippen molar-refractivity contribution in [3.8, 4) is 10.8 Å². The Balaban J connectivity index is 1.52. The molecule has 0 radical (unpaired) electrons. The summed E-state index contributed by atoms with van der Waals surface area (Å²) in [6.45, 7) is 1.89. The number of primary amides is 1. The Morgan fingerprint density at radius 1 is 1.14 bits per heavy atom. The van der Waals surface area contributed by atoms with Gasteiger partial charge in [0.15, 0.2) is 0 Å². The number of carbonyl (C=O) groups is 3. The maximum absolute atomic E-state index is 12.3. The average molecular weight is 412 g/mol. The molecule has 0 fully saturated rings. The van der Waals surface area contributed by atoms with Gasteiger partial charge in [0.2, 0.25) is 17.7 Å². The van der Waals surface area contributed by atoms with Crippen molar-refractivity contribution in [1.29, 1.82) is 0 Å². The predicted octanol–water partition coefficient (Wildman–Crippen LogP) is 1.79. The van der Waals surface area contributed by atoms with E-state index >= 15 is 0 Å². The summed E-state index contributed by atoms with van der Waals surface area (Å²) in [4.78, 5) is 40.1. The Morgan fingerprint density at radius 3 is 2.55 bits per heavy atom. The quantitative estimate of drug-likeness (QED) is 0.520. The SMILES string of the molecule is Cc1oc(-c2cccs2)nc1CC(=O)NCc1ccc(C(=O)NCC(N)=O)cc1. The molecule has 0 saturated heterocycles. The fourth-order valence-electron chi connectivity index (χ4n) is 2.56. The van der Waals surface area contributed by atoms with Crippen molar-refractivity contribution in [3.63, 3.8) is 0 Å². The summed E-state index contributed by atoms with van der Waals surface area (Å²) in [5.41, 5.74) is 6.84. The van der Waals surface area contributed by atoms with Gasteiger partial charge < -0.3 is 20.8 Å². The number of hydrogen-bond acceptors (Lipinski definition) is 6. The summed E-state index contributed by atoms with van der Waals surface area (Å²) in [7, 11) is 0. The van der Waals surface area contributed by atoms with Crippen LogP contribution >= 0.6 is 11.3 Å². The van der Waals surface area contributed by atoms with Gasteiger partial charge >= 0.3 is 0 Å². The lowest BCUT2D eigenvalue weighted by Gasteiger charge is -2.06. The molecule has 4 N–H and O–H groups in total. The van der Waals surface area contributed by atoms with E-state index in [2.05, 4.69) is 15.6 Å². The second-order valence-corrected chi connectivity index (χ2v) is 7.25. The number of hydrogen-bond donors (Lipinski definition) is 3. The molecule has 3 rings (SSSR count). The van der Waals surface area contributed by atoms with E-state index < -0.39 is 5.91 Å². The second-order valence-electron chi connectivity index (χ2n) is 6.30. The Labute approximate surface area is 171 Å². The van der Waals surface area contributed by atoms with E-state index in [1.165, 1.54) is 11.3 Å². The van der Waals surface area contributed by atoms with Gasteiger partial charge in [0, 0.05) is 12.1 Å². The molecule has 9 heteroatoms. The first-order chi connectivity index (χ1) is 13.9. The highest BCUT2D eigenvalue weighted by molar-refractivity contribution is 7.13. The molecular weight excluding hydrogens is 392 g/mol. The zero-order chi connectivity index (χ0) is 20.8. The molecule has 0 saturated carbocycles. The van der Waals surface area contributed by atoms with Gasteiger partial charge in [0.1, 0.15) is 5.76 Å². The third-order valence-electron chi connectivity index (χ3n) is 4.08. The number of rotatable bonds is 8. The Kier molecular flexibility index (Phi) is 6.40. The van der Waals surface area contributed by atoms with Gasteiger partial charge in [-0.1, -0.05) is 18.2 Å². The number of nitrogens with zero attached hydrogens (tertiary/aromatic N) is 1. The van der Waals surface area contributed by atoms with Crippen molar-refractivity contribution in [2.24, 2.45) is 5.73 Å². The van der Waals surface area contributed by atoms with Crippen LogP contribution in [0.4, 0.5) is 0 Å². The standard InChI is InChI=1S/C20H20N4O4S/c1-12-15(24-20(28-12)16-3-2-8-29-16)9-18(26)22-10-13-4-6-14(7-5-13)19(27)23-11-17(21)25/h2-8H,9-11H2,1H3,(H2,21,25)(H,22,26)(H,23,27). The van der Waals surface area contributed by atoms with E-state index in [0.717, 1.165) is 10.4 Å². The highest BCUT2D eigenvalue weighted by Crippen LogP contribution is 2.26. The average Bonchev–Trinajstić information content (AvgIpc) is 3.35. The first kappa shape index (κ1) is 20.3. The van der Waals surface area contributed by atoms with E-state index in [-0.39, 0.29) is 24.8 Å². The topological polar surface area (TPSA) is 127 Å². The number of nitrogens with two attached hydrogens (primary N) is 1. The molecule has 0 aliphatic heterocycles. The molecule has 8 nitrogen and oxygen atoms in total. The number of carbonyl (C=O) groups excluding carboxylic acids is 3. The van der Waals surface area contributed by atoms with E-state index in [4.69, 9.17) is 10.2 Å². The maximum Gasteiger partial charge on any atom is 0.251 e. The maximum atomic E-state index is 12.3. The van der Waals surface area contributed by atoms with Crippen molar-refractivity contribution < 1.29 is 18.8 Å². The summed E-state index contributed by atoms with van der Waals surface area (Å²) in [6.07, 6.45) is 0.119. The Hall–Kier alpha value is -3.46. The van der Waals surface area contributed by atoms with Crippen LogP contribution in [-0.4, -0.2) is 29.3 Å². The summed E-state index contributed by atoms with van der Waals surface area (Å²) < 4.78 is 5.65. The summed E-state index contributed by atoms with van der Waals surface area (Å²) in [5, 5.41) is 7.18. The highest BCUT2D eigenvalue weighted by atomic mass is 32.1. The first-order valence-electron chi connectivity index (χ1n) is 8.84. The molecule has 0 atom stereocenters. The fourth-order valence-corrected chi connectivity index (χ4v) is 3.21. The predicted molar refractivity (Wildman–Crippen MR) is 108 cm³/mol. The van der Waals surface area contributed by atoms with Gasteiger partial charge in [-0.25, -0.2) is 4.98 Å². The van der Waals surface area contributed by atoms with Crippen LogP contribution in [0.15, 0.2) is 46.2 Å². The van der Waals surface area contributed by atoms with Gasteiger partial charge in [-0.2, -0.15) is 0 Å². The van der Waals surface area contributed by atoms with Crippen LogP contribution in [0, 0.1) is 6.92 Å². The summed E-state index contributed by atoms with van der Waals surface area (Å²) >= 11 is 1.52. The highest BCUT2D eigenvalue weighted by Gasteiger charge is 2.15. The molecule has 0 bridgehead atoms. The number of nitrogens with one attached hydrogen (secondary N) is 2. The zero-order valence-corrected chi connectivity index (χ0v) is 16.5. The number of benzene rings is 1. The molecule has 2 aromatic heterocycles. The van der Waals surface area contributed by atoms with Gasteiger partial charge in [-0.15, -0.1) is 11.3 Å². The monoisotopic (exact) mass is 412 g/mol. The first-order valence-corrected chi connectivity index (χ1v) is 9.72. The zero-order valence-electron chi connectivity index (χ0n) is 15.7. The van der Waals surface area contributed by atoms with Crippen LogP contribution in [0.3, 0.4) is 0 Å². The van der Waals surface area contributed by atoms with Crippen molar-refractivity contribution in [2.75, 3.05) is 6.54 Å². The van der Waals surface area contributed by atoms with E-state index in [0.29, 0.717) is 29.5 Å². The summed E-state index contributed by atoms with van der Waals surface area (Å²) in [5.74, 6) is -0.0345. The van der Waals surface area contributed by atoms with Crippen LogP contribution in [-0.2, 0) is 22.6 Å².